The van der Waals surface area contributed by atoms with Crippen LogP contribution in [0.1, 0.15) is 232 Å². The number of amides is 1. The molecule has 60 heavy (non-hydrogen) atoms. The Labute approximate surface area is 372 Å². The van der Waals surface area contributed by atoms with E-state index in [4.69, 9.17) is 9.05 Å². The standard InChI is InChI=1S/C51H99N2O6P/c1-6-8-10-12-14-16-18-20-22-24-26-28-30-32-34-36-38-40-42-44-50(54)49(48-59-60(56,57)58-47-46-53(3,4)5)52-51(55)45-43-41-39-37-35-33-31-29-27-25-23-21-19-17-15-13-11-9-7-2/h15,17,21,23,27,29,49-50,54H,6-14,16,18-20,22,24-26,28,30-48H2,1-5H3,(H-,52,55,56,57)/b17-15-,23-21-,29-27-. The predicted molar refractivity (Wildman–Crippen MR) is 256 cm³/mol. The normalized spacial score (nSPS) is 14.4. The van der Waals surface area contributed by atoms with Gasteiger partial charge in [-0.15, -0.1) is 0 Å². The van der Waals surface area contributed by atoms with Crippen LogP contribution in [0, 0.1) is 0 Å². The van der Waals surface area contributed by atoms with E-state index in [9.17, 15) is 19.4 Å². The van der Waals surface area contributed by atoms with Crippen molar-refractivity contribution >= 4 is 13.7 Å². The first kappa shape index (κ1) is 58.7. The molecule has 8 nitrogen and oxygen atoms in total. The summed E-state index contributed by atoms with van der Waals surface area (Å²) in [5.74, 6) is -0.176. The van der Waals surface area contributed by atoms with Gasteiger partial charge in [-0.2, -0.15) is 0 Å². The van der Waals surface area contributed by atoms with E-state index in [0.29, 0.717) is 23.9 Å². The average Bonchev–Trinajstić information content (AvgIpc) is 3.20. The van der Waals surface area contributed by atoms with E-state index in [1.165, 1.54) is 141 Å². The van der Waals surface area contributed by atoms with Crippen LogP contribution >= 0.6 is 7.82 Å². The number of aliphatic hydroxyl groups excluding tert-OH is 1. The number of rotatable bonds is 46. The number of nitrogens with one attached hydrogen (secondary N) is 1. The molecule has 2 N–H and O–H groups in total. The Morgan fingerprint density at radius 3 is 1.43 bits per heavy atom. The monoisotopic (exact) mass is 867 g/mol. The van der Waals surface area contributed by atoms with Crippen molar-refractivity contribution in [2.45, 2.75) is 244 Å². The van der Waals surface area contributed by atoms with Crippen LogP contribution in [-0.2, 0) is 18.4 Å². The molecule has 0 aromatic carbocycles. The van der Waals surface area contributed by atoms with Crippen molar-refractivity contribution in [3.63, 3.8) is 0 Å². The van der Waals surface area contributed by atoms with Crippen molar-refractivity contribution in [1.29, 1.82) is 0 Å². The van der Waals surface area contributed by atoms with E-state index >= 15 is 0 Å². The van der Waals surface area contributed by atoms with E-state index in [1.807, 2.05) is 21.1 Å². The molecular weight excluding hydrogens is 768 g/mol. The second kappa shape index (κ2) is 43.0. The minimum atomic E-state index is -4.57. The van der Waals surface area contributed by atoms with E-state index in [1.54, 1.807) is 0 Å². The number of unbranched alkanes of at least 4 members (excludes halogenated alkanes) is 27. The first-order chi connectivity index (χ1) is 29.0. The van der Waals surface area contributed by atoms with Gasteiger partial charge in [0.2, 0.25) is 5.91 Å². The number of quaternary nitrogens is 1. The van der Waals surface area contributed by atoms with Gasteiger partial charge in [-0.05, 0) is 51.4 Å². The van der Waals surface area contributed by atoms with Gasteiger partial charge in [0.05, 0.1) is 39.9 Å². The summed E-state index contributed by atoms with van der Waals surface area (Å²) in [5.41, 5.74) is 0. The number of nitrogens with zero attached hydrogens (tertiary/aromatic N) is 1. The summed E-state index contributed by atoms with van der Waals surface area (Å²) < 4.78 is 23.3. The molecule has 0 rings (SSSR count). The molecule has 354 valence electrons. The lowest BCUT2D eigenvalue weighted by atomic mass is 10.0. The Kier molecular flexibility index (Phi) is 42.1. The summed E-state index contributed by atoms with van der Waals surface area (Å²) in [7, 11) is 1.30. The summed E-state index contributed by atoms with van der Waals surface area (Å²) in [6, 6.07) is -0.807. The van der Waals surface area contributed by atoms with Crippen molar-refractivity contribution in [3.05, 3.63) is 36.5 Å². The van der Waals surface area contributed by atoms with Gasteiger partial charge in [0.25, 0.3) is 7.82 Å². The summed E-state index contributed by atoms with van der Waals surface area (Å²) in [4.78, 5) is 25.4. The van der Waals surface area contributed by atoms with E-state index < -0.39 is 20.0 Å². The fourth-order valence-electron chi connectivity index (χ4n) is 7.34. The van der Waals surface area contributed by atoms with Crippen LogP contribution in [0.3, 0.4) is 0 Å². The lowest BCUT2D eigenvalue weighted by Crippen LogP contribution is -2.46. The topological polar surface area (TPSA) is 108 Å². The number of allylic oxidation sites excluding steroid dienone is 6. The second-order valence-electron chi connectivity index (χ2n) is 18.5. The molecule has 0 spiro atoms. The molecule has 0 aliphatic carbocycles. The molecular formula is C51H99N2O6P. The minimum absolute atomic E-state index is 0.00901. The van der Waals surface area contributed by atoms with Crippen LogP contribution in [0.4, 0.5) is 0 Å². The molecule has 0 saturated carbocycles. The van der Waals surface area contributed by atoms with Crippen LogP contribution in [0.25, 0.3) is 0 Å². The Morgan fingerprint density at radius 2 is 0.967 bits per heavy atom. The number of phosphoric acid groups is 1. The number of carbonyl (C=O) groups is 1. The maximum absolute atomic E-state index is 12.9. The van der Waals surface area contributed by atoms with Crippen molar-refractivity contribution in [2.24, 2.45) is 0 Å². The smallest absolute Gasteiger partial charge is 0.268 e. The van der Waals surface area contributed by atoms with Gasteiger partial charge in [0, 0.05) is 6.42 Å². The SMILES string of the molecule is CCCCC/C=C\C/C=C\C/C=C\CCCCCCCCC(=O)NC(COP(=O)([O-])OCC[N+](C)(C)C)C(O)CCCCCCCCCCCCCCCCCCCCC. The van der Waals surface area contributed by atoms with Gasteiger partial charge >= 0.3 is 0 Å². The maximum atomic E-state index is 12.9. The first-order valence-corrected chi connectivity index (χ1v) is 26.8. The van der Waals surface area contributed by atoms with E-state index in [0.717, 1.165) is 64.2 Å². The lowest BCUT2D eigenvalue weighted by Gasteiger charge is -2.30. The zero-order valence-electron chi connectivity index (χ0n) is 40.2. The second-order valence-corrected chi connectivity index (χ2v) is 19.9. The van der Waals surface area contributed by atoms with E-state index in [2.05, 4.69) is 55.6 Å². The van der Waals surface area contributed by atoms with Crippen molar-refractivity contribution in [3.8, 4) is 0 Å². The molecule has 0 radical (unpaired) electrons. The number of hydrogen-bond acceptors (Lipinski definition) is 6. The van der Waals surface area contributed by atoms with Crippen LogP contribution in [0.2, 0.25) is 0 Å². The Morgan fingerprint density at radius 1 is 0.583 bits per heavy atom. The molecule has 0 heterocycles. The molecule has 0 saturated heterocycles. The summed E-state index contributed by atoms with van der Waals surface area (Å²) >= 11 is 0. The summed E-state index contributed by atoms with van der Waals surface area (Å²) in [5, 5.41) is 14.0. The quantitative estimate of drug-likeness (QED) is 0.0273. The highest BCUT2D eigenvalue weighted by molar-refractivity contribution is 7.45. The average molecular weight is 867 g/mol. The largest absolute Gasteiger partial charge is 0.756 e. The third-order valence-electron chi connectivity index (χ3n) is 11.4. The molecule has 0 aromatic rings. The van der Waals surface area contributed by atoms with Crippen LogP contribution < -0.4 is 10.2 Å². The highest BCUT2D eigenvalue weighted by atomic mass is 31.2. The van der Waals surface area contributed by atoms with Gasteiger partial charge < -0.3 is 28.8 Å². The summed E-state index contributed by atoms with van der Waals surface area (Å²) in [6.45, 7) is 4.70. The number of hydrogen-bond donors (Lipinski definition) is 2. The fraction of sp³-hybridized carbons (Fsp3) is 0.863. The van der Waals surface area contributed by atoms with Crippen molar-refractivity contribution < 1.29 is 32.9 Å². The van der Waals surface area contributed by atoms with Crippen molar-refractivity contribution in [2.75, 3.05) is 40.9 Å². The predicted octanol–water partition coefficient (Wildman–Crippen LogP) is 14.0. The minimum Gasteiger partial charge on any atom is -0.756 e. The molecule has 0 aliphatic heterocycles. The van der Waals surface area contributed by atoms with Gasteiger partial charge in [-0.25, -0.2) is 0 Å². The molecule has 3 unspecified atom stereocenters. The Hall–Kier alpha value is -1.28. The number of likely N-dealkylation sites (N-methyl/N-ethyl adjacent to an activating group) is 1. The molecule has 3 atom stereocenters. The third-order valence-corrected chi connectivity index (χ3v) is 12.3. The molecule has 0 aromatic heterocycles. The maximum Gasteiger partial charge on any atom is 0.268 e. The van der Waals surface area contributed by atoms with Gasteiger partial charge in [0.15, 0.2) is 0 Å². The lowest BCUT2D eigenvalue weighted by molar-refractivity contribution is -0.870. The molecule has 0 aliphatic rings. The van der Waals surface area contributed by atoms with Gasteiger partial charge in [-0.1, -0.05) is 211 Å². The summed E-state index contributed by atoms with van der Waals surface area (Å²) in [6.07, 6.45) is 52.9. The van der Waals surface area contributed by atoms with Gasteiger partial charge in [-0.3, -0.25) is 9.36 Å². The van der Waals surface area contributed by atoms with Crippen LogP contribution in [0.5, 0.6) is 0 Å². The third kappa shape index (κ3) is 44.8. The Balaban J connectivity index is 4.30. The zero-order chi connectivity index (χ0) is 44.3. The van der Waals surface area contributed by atoms with Crippen LogP contribution in [-0.4, -0.2) is 68.5 Å². The highest BCUT2D eigenvalue weighted by Crippen LogP contribution is 2.38. The number of phosphoric ester groups is 1. The number of carbonyl (C=O) groups excluding carboxylic acids is 1. The van der Waals surface area contributed by atoms with E-state index in [-0.39, 0.29) is 19.1 Å². The molecule has 1 amide bonds. The van der Waals surface area contributed by atoms with Crippen molar-refractivity contribution in [1.82, 2.24) is 5.32 Å². The number of aliphatic hydroxyl groups is 1. The fourth-order valence-corrected chi connectivity index (χ4v) is 8.06. The van der Waals surface area contributed by atoms with Gasteiger partial charge in [0.1, 0.15) is 13.2 Å². The first-order valence-electron chi connectivity index (χ1n) is 25.3. The Bertz CT molecular complexity index is 1070. The molecule has 9 heteroatoms. The molecule has 0 bridgehead atoms. The highest BCUT2D eigenvalue weighted by Gasteiger charge is 2.24. The van der Waals surface area contributed by atoms with Crippen LogP contribution in [0.15, 0.2) is 36.5 Å². The zero-order valence-corrected chi connectivity index (χ0v) is 41.1. The molecule has 0 fully saturated rings.